The van der Waals surface area contributed by atoms with Crippen LogP contribution in [-0.2, 0) is 4.79 Å². The van der Waals surface area contributed by atoms with Gasteiger partial charge in [0.1, 0.15) is 0 Å². The van der Waals surface area contributed by atoms with Crippen molar-refractivity contribution >= 4 is 11.9 Å². The van der Waals surface area contributed by atoms with Crippen LogP contribution in [0.5, 0.6) is 0 Å². The Bertz CT molecular complexity index is 314. The fourth-order valence-electron chi connectivity index (χ4n) is 2.09. The molecular weight excluding hydrogens is 291 g/mol. The zero-order chi connectivity index (χ0) is 16.6. The molecule has 6 nitrogen and oxygen atoms in total. The molecule has 0 atom stereocenters. The number of hydrogen-bond acceptors (Lipinski definition) is 5. The molecule has 0 amide bonds. The van der Waals surface area contributed by atoms with Gasteiger partial charge in [0.25, 0.3) is 0 Å². The minimum atomic E-state index is -0.852. The van der Waals surface area contributed by atoms with E-state index in [0.29, 0.717) is 25.9 Å². The van der Waals surface area contributed by atoms with Gasteiger partial charge in [0.2, 0.25) is 0 Å². The first kappa shape index (κ1) is 24.7. The van der Waals surface area contributed by atoms with Gasteiger partial charge < -0.3 is 15.3 Å². The molecule has 0 heterocycles. The summed E-state index contributed by atoms with van der Waals surface area (Å²) in [5.41, 5.74) is 0. The van der Waals surface area contributed by atoms with Gasteiger partial charge in [0, 0.05) is 13.2 Å². The summed E-state index contributed by atoms with van der Waals surface area (Å²) >= 11 is 0. The topological polar surface area (TPSA) is 96.2 Å². The molecule has 0 spiro atoms. The Morgan fingerprint density at radius 1 is 1.04 bits per heavy atom. The summed E-state index contributed by atoms with van der Waals surface area (Å²) in [6.07, 6.45) is 7.47. The number of carbonyl (C=O) groups is 1. The largest absolute Gasteiger partial charge is 1.00 e. The molecule has 0 aromatic carbocycles. The summed E-state index contributed by atoms with van der Waals surface area (Å²) in [6.45, 7) is 3.57. The monoisotopic (exact) mass is 322 g/mol. The molecule has 0 saturated carbocycles. The Morgan fingerprint density at radius 2 is 1.74 bits per heavy atom. The first-order valence-electron chi connectivity index (χ1n) is 8.35. The number of hydrogen-bond donors (Lipinski definition) is 2. The second-order valence-corrected chi connectivity index (χ2v) is 5.55. The molecule has 130 valence electrons. The third kappa shape index (κ3) is 17.6. The van der Waals surface area contributed by atoms with Crippen LogP contribution in [0.1, 0.15) is 64.7 Å². The number of carboxylic acids is 1. The zero-order valence-corrected chi connectivity index (χ0v) is 14.8. The molecule has 0 aromatic heterocycles. The SMILES string of the molecule is CCCCCCCC([O-])=NCN(CCCCO)CCC(=O)O.[Li+]. The van der Waals surface area contributed by atoms with Crippen LogP contribution >= 0.6 is 0 Å². The van der Waals surface area contributed by atoms with Crippen LogP contribution in [0.2, 0.25) is 0 Å². The van der Waals surface area contributed by atoms with E-state index in [-0.39, 0.29) is 44.5 Å². The summed E-state index contributed by atoms with van der Waals surface area (Å²) in [5.74, 6) is -0.951. The third-order valence-corrected chi connectivity index (χ3v) is 3.47. The van der Waals surface area contributed by atoms with Crippen LogP contribution in [0.25, 0.3) is 0 Å². The van der Waals surface area contributed by atoms with Crippen molar-refractivity contribution in [2.45, 2.75) is 64.7 Å². The van der Waals surface area contributed by atoms with Gasteiger partial charge in [0.15, 0.2) is 0 Å². The number of unbranched alkanes of at least 4 members (excludes halogenated alkanes) is 5. The van der Waals surface area contributed by atoms with E-state index in [2.05, 4.69) is 11.9 Å². The van der Waals surface area contributed by atoms with E-state index in [1.165, 1.54) is 12.8 Å². The van der Waals surface area contributed by atoms with Gasteiger partial charge in [-0.2, -0.15) is 0 Å². The van der Waals surface area contributed by atoms with Crippen LogP contribution in [0, 0.1) is 0 Å². The molecule has 0 bridgehead atoms. The molecule has 0 aliphatic carbocycles. The van der Waals surface area contributed by atoms with E-state index in [0.717, 1.165) is 25.7 Å². The van der Waals surface area contributed by atoms with E-state index in [9.17, 15) is 9.90 Å². The number of aliphatic imine (C=N–C) groups is 1. The number of carboxylic acid groups (broad SMARTS) is 1. The van der Waals surface area contributed by atoms with Crippen molar-refractivity contribution in [2.24, 2.45) is 4.99 Å². The third-order valence-electron chi connectivity index (χ3n) is 3.47. The van der Waals surface area contributed by atoms with Gasteiger partial charge in [-0.05, 0) is 38.1 Å². The van der Waals surface area contributed by atoms with E-state index < -0.39 is 5.97 Å². The second-order valence-electron chi connectivity index (χ2n) is 5.55. The molecular formula is C16H31LiN2O4. The molecule has 0 rings (SSSR count). The fourth-order valence-corrected chi connectivity index (χ4v) is 2.09. The zero-order valence-electron chi connectivity index (χ0n) is 14.8. The summed E-state index contributed by atoms with van der Waals surface area (Å²) in [6, 6.07) is 0. The van der Waals surface area contributed by atoms with Gasteiger partial charge in [0.05, 0.1) is 13.1 Å². The summed E-state index contributed by atoms with van der Waals surface area (Å²) in [5, 5.41) is 29.2. The number of aliphatic carboxylic acids is 1. The van der Waals surface area contributed by atoms with Gasteiger partial charge in [-0.3, -0.25) is 14.7 Å². The molecule has 0 aliphatic rings. The average molecular weight is 322 g/mol. The summed E-state index contributed by atoms with van der Waals surface area (Å²) in [4.78, 5) is 16.5. The molecule has 23 heavy (non-hydrogen) atoms. The number of aliphatic hydroxyl groups is 1. The van der Waals surface area contributed by atoms with Crippen LogP contribution in [0.4, 0.5) is 0 Å². The molecule has 0 aliphatic heterocycles. The van der Waals surface area contributed by atoms with E-state index in [4.69, 9.17) is 10.2 Å². The van der Waals surface area contributed by atoms with Crippen molar-refractivity contribution in [1.29, 1.82) is 0 Å². The Labute approximate surface area is 152 Å². The van der Waals surface area contributed by atoms with Crippen molar-refractivity contribution in [1.82, 2.24) is 4.90 Å². The predicted octanol–water partition coefficient (Wildman–Crippen LogP) is -1.38. The van der Waals surface area contributed by atoms with Crippen molar-refractivity contribution in [3.63, 3.8) is 0 Å². The van der Waals surface area contributed by atoms with E-state index in [1.54, 1.807) is 0 Å². The second kappa shape index (κ2) is 17.8. The Kier molecular flexibility index (Phi) is 19.1. The summed E-state index contributed by atoms with van der Waals surface area (Å²) < 4.78 is 0. The van der Waals surface area contributed by atoms with Gasteiger partial charge in [-0.25, -0.2) is 0 Å². The molecule has 2 N–H and O–H groups in total. The van der Waals surface area contributed by atoms with Gasteiger partial charge >= 0.3 is 24.8 Å². The van der Waals surface area contributed by atoms with E-state index >= 15 is 0 Å². The van der Waals surface area contributed by atoms with Crippen molar-refractivity contribution < 1.29 is 39.0 Å². The minimum absolute atomic E-state index is 0. The maximum atomic E-state index is 11.7. The first-order valence-corrected chi connectivity index (χ1v) is 8.35. The minimum Gasteiger partial charge on any atom is -0.862 e. The van der Waals surface area contributed by atoms with Gasteiger partial charge in [-0.1, -0.05) is 32.6 Å². The van der Waals surface area contributed by atoms with Crippen molar-refractivity contribution in [2.75, 3.05) is 26.4 Å². The van der Waals surface area contributed by atoms with Gasteiger partial charge in [-0.15, -0.1) is 0 Å². The maximum absolute atomic E-state index is 11.7. The van der Waals surface area contributed by atoms with Crippen LogP contribution < -0.4 is 24.0 Å². The molecule has 0 fully saturated rings. The first-order chi connectivity index (χ1) is 10.6. The Balaban J connectivity index is 0. The number of aliphatic hydroxyl groups excluding tert-OH is 1. The van der Waals surface area contributed by atoms with Crippen molar-refractivity contribution in [3.8, 4) is 0 Å². The molecule has 0 radical (unpaired) electrons. The Morgan fingerprint density at radius 3 is 2.35 bits per heavy atom. The van der Waals surface area contributed by atoms with E-state index in [1.807, 2.05) is 4.90 Å². The normalized spacial score (nSPS) is 11.5. The van der Waals surface area contributed by atoms with Crippen molar-refractivity contribution in [3.05, 3.63) is 0 Å². The number of nitrogens with zero attached hydrogens (tertiary/aromatic N) is 2. The molecule has 0 aromatic rings. The maximum Gasteiger partial charge on any atom is 1.00 e. The summed E-state index contributed by atoms with van der Waals surface area (Å²) in [7, 11) is 0. The van der Waals surface area contributed by atoms with Crippen LogP contribution in [0.15, 0.2) is 4.99 Å². The predicted molar refractivity (Wildman–Crippen MR) is 85.8 cm³/mol. The standard InChI is InChI=1S/C16H32N2O4.Li/c1-2-3-4-5-6-9-15(20)17-14-18(11-7-8-13-19)12-10-16(21)22;/h19H,2-14H2,1H3,(H,17,20)(H,21,22);/q;+1/p-1. The van der Waals surface area contributed by atoms with Crippen LogP contribution in [-0.4, -0.2) is 53.3 Å². The average Bonchev–Trinajstić information content (AvgIpc) is 2.49. The Hall–Kier alpha value is -0.543. The molecule has 7 heteroatoms. The quantitative estimate of drug-likeness (QED) is 0.168. The smallest absolute Gasteiger partial charge is 0.862 e. The van der Waals surface area contributed by atoms with Crippen LogP contribution in [0.3, 0.4) is 0 Å². The number of rotatable bonds is 15. The fraction of sp³-hybridized carbons (Fsp3) is 0.875. The molecule has 0 saturated heterocycles. The molecule has 0 unspecified atom stereocenters.